The third kappa shape index (κ3) is 9.41. The standard InChI is InChI=1S/C37H46N2O5/c1-37(2,3)44-35(40)18-21-42-20-17-28-11-9-10-27(22-28)16-19-39-25-30-23-32(24-31(30)26-39)43-36(41)38-34-15-8-7-14-33(34)29-12-5-4-6-13-29/h4-15,22,30-32H,16-21,23-26H2,1-3H3,(H,38,41)/t30-,31+,32-. The van der Waals surface area contributed by atoms with Crippen molar-refractivity contribution in [3.8, 4) is 11.1 Å². The van der Waals surface area contributed by atoms with Crippen LogP contribution < -0.4 is 5.32 Å². The highest BCUT2D eigenvalue weighted by Gasteiger charge is 2.42. The lowest BCUT2D eigenvalue weighted by molar-refractivity contribution is -0.156. The molecule has 7 heteroatoms. The second kappa shape index (κ2) is 14.9. The van der Waals surface area contributed by atoms with E-state index in [-0.39, 0.29) is 24.6 Å². The number of ether oxygens (including phenoxy) is 3. The fourth-order valence-electron chi connectivity index (χ4n) is 6.44. The van der Waals surface area contributed by atoms with Crippen molar-refractivity contribution in [2.24, 2.45) is 11.8 Å². The van der Waals surface area contributed by atoms with Crippen LogP contribution in [0.15, 0.2) is 78.9 Å². The third-order valence-corrected chi connectivity index (χ3v) is 8.42. The Hall–Kier alpha value is -3.68. The van der Waals surface area contributed by atoms with Gasteiger partial charge in [-0.15, -0.1) is 0 Å². The fraction of sp³-hybridized carbons (Fsp3) is 0.459. The maximum absolute atomic E-state index is 12.8. The first-order valence-electron chi connectivity index (χ1n) is 15.9. The van der Waals surface area contributed by atoms with Gasteiger partial charge in [-0.25, -0.2) is 4.79 Å². The number of nitrogens with zero attached hydrogens (tertiary/aromatic N) is 1. The van der Waals surface area contributed by atoms with E-state index in [2.05, 4.69) is 34.5 Å². The topological polar surface area (TPSA) is 77.1 Å². The van der Waals surface area contributed by atoms with Gasteiger partial charge in [-0.3, -0.25) is 10.1 Å². The lowest BCUT2D eigenvalue weighted by atomic mass is 10.0. The third-order valence-electron chi connectivity index (χ3n) is 8.42. The molecule has 44 heavy (non-hydrogen) atoms. The number of carbonyl (C=O) groups is 2. The van der Waals surface area contributed by atoms with Crippen LogP contribution in [0.2, 0.25) is 0 Å². The molecule has 0 bridgehead atoms. The molecule has 1 heterocycles. The van der Waals surface area contributed by atoms with Crippen molar-refractivity contribution in [1.82, 2.24) is 4.90 Å². The van der Waals surface area contributed by atoms with Crippen molar-refractivity contribution in [3.63, 3.8) is 0 Å². The number of anilines is 1. The number of esters is 1. The predicted octanol–water partition coefficient (Wildman–Crippen LogP) is 7.15. The summed E-state index contributed by atoms with van der Waals surface area (Å²) in [5.41, 5.74) is 4.94. The van der Waals surface area contributed by atoms with Gasteiger partial charge in [0.1, 0.15) is 11.7 Å². The summed E-state index contributed by atoms with van der Waals surface area (Å²) in [6, 6.07) is 26.6. The molecule has 7 nitrogen and oxygen atoms in total. The largest absolute Gasteiger partial charge is 0.460 e. The van der Waals surface area contributed by atoms with Crippen molar-refractivity contribution in [3.05, 3.63) is 90.0 Å². The number of fused-ring (bicyclic) bond motifs is 1. The molecule has 1 saturated heterocycles. The van der Waals surface area contributed by atoms with Gasteiger partial charge in [0.05, 0.1) is 25.3 Å². The zero-order valence-corrected chi connectivity index (χ0v) is 26.3. The zero-order chi connectivity index (χ0) is 30.9. The van der Waals surface area contributed by atoms with Gasteiger partial charge in [0.15, 0.2) is 0 Å². The van der Waals surface area contributed by atoms with Gasteiger partial charge in [0.2, 0.25) is 0 Å². The number of para-hydroxylation sites is 1. The number of hydrogen-bond acceptors (Lipinski definition) is 6. The molecular weight excluding hydrogens is 552 g/mol. The van der Waals surface area contributed by atoms with E-state index in [9.17, 15) is 9.59 Å². The maximum atomic E-state index is 12.8. The van der Waals surface area contributed by atoms with Crippen LogP contribution in [0, 0.1) is 11.8 Å². The summed E-state index contributed by atoms with van der Waals surface area (Å²) in [5.74, 6) is 0.932. The Bertz CT molecular complexity index is 1370. The summed E-state index contributed by atoms with van der Waals surface area (Å²) < 4.78 is 16.9. The number of benzene rings is 3. The summed E-state index contributed by atoms with van der Waals surface area (Å²) >= 11 is 0. The summed E-state index contributed by atoms with van der Waals surface area (Å²) in [6.07, 6.45) is 3.57. The minimum Gasteiger partial charge on any atom is -0.460 e. The van der Waals surface area contributed by atoms with Gasteiger partial charge in [-0.05, 0) is 81.0 Å². The highest BCUT2D eigenvalue weighted by Crippen LogP contribution is 2.39. The molecule has 0 spiro atoms. The molecule has 3 aromatic carbocycles. The minimum atomic E-state index is -0.461. The van der Waals surface area contributed by atoms with Crippen LogP contribution in [0.1, 0.15) is 51.2 Å². The minimum absolute atomic E-state index is 0.0286. The number of likely N-dealkylation sites (tertiary alicyclic amines) is 1. The van der Waals surface area contributed by atoms with E-state index >= 15 is 0 Å². The van der Waals surface area contributed by atoms with Crippen molar-refractivity contribution in [2.45, 2.75) is 64.6 Å². The molecule has 5 rings (SSSR count). The van der Waals surface area contributed by atoms with Crippen LogP contribution in [0.25, 0.3) is 11.1 Å². The Morgan fingerprint density at radius 1 is 0.841 bits per heavy atom. The van der Waals surface area contributed by atoms with Crippen LogP contribution in [0.4, 0.5) is 10.5 Å². The molecule has 0 radical (unpaired) electrons. The average molecular weight is 599 g/mol. The smallest absolute Gasteiger partial charge is 0.411 e. The SMILES string of the molecule is CC(C)(C)OC(=O)CCOCCc1cccc(CCN2C[C@H]3C[C@@H](OC(=O)Nc4ccccc4-c4ccccc4)C[C@H]3C2)c1. The first-order valence-corrected chi connectivity index (χ1v) is 15.9. The lowest BCUT2D eigenvalue weighted by Crippen LogP contribution is -2.27. The van der Waals surface area contributed by atoms with Crippen molar-refractivity contribution >= 4 is 17.7 Å². The zero-order valence-electron chi connectivity index (χ0n) is 26.3. The summed E-state index contributed by atoms with van der Waals surface area (Å²) in [7, 11) is 0. The molecule has 3 atom stereocenters. The van der Waals surface area contributed by atoms with Crippen molar-refractivity contribution in [2.75, 3.05) is 38.2 Å². The van der Waals surface area contributed by atoms with Crippen LogP contribution in [-0.2, 0) is 31.8 Å². The summed E-state index contributed by atoms with van der Waals surface area (Å²) in [5, 5.41) is 2.99. The van der Waals surface area contributed by atoms with Gasteiger partial charge < -0.3 is 19.1 Å². The highest BCUT2D eigenvalue weighted by atomic mass is 16.6. The first kappa shape index (κ1) is 31.7. The molecular formula is C37H46N2O5. The van der Waals surface area contributed by atoms with Crippen molar-refractivity contribution in [1.29, 1.82) is 0 Å². The Kier molecular flexibility index (Phi) is 10.7. The van der Waals surface area contributed by atoms with Gasteiger partial charge in [0.25, 0.3) is 0 Å². The normalized spacial score (nSPS) is 19.8. The van der Waals surface area contributed by atoms with Gasteiger partial charge >= 0.3 is 12.1 Å². The monoisotopic (exact) mass is 598 g/mol. The molecule has 1 N–H and O–H groups in total. The first-order chi connectivity index (χ1) is 21.2. The quantitative estimate of drug-likeness (QED) is 0.176. The van der Waals surface area contributed by atoms with Crippen LogP contribution in [0.3, 0.4) is 0 Å². The van der Waals surface area contributed by atoms with E-state index < -0.39 is 5.60 Å². The van der Waals surface area contributed by atoms with Gasteiger partial charge in [0, 0.05) is 25.2 Å². The van der Waals surface area contributed by atoms with Gasteiger partial charge in [-0.1, -0.05) is 72.8 Å². The van der Waals surface area contributed by atoms with E-state index in [1.807, 2.05) is 75.4 Å². The van der Waals surface area contributed by atoms with E-state index in [0.29, 0.717) is 25.0 Å². The van der Waals surface area contributed by atoms with Crippen LogP contribution in [0.5, 0.6) is 0 Å². The Balaban J connectivity index is 0.999. The Morgan fingerprint density at radius 2 is 1.52 bits per heavy atom. The molecule has 0 aromatic heterocycles. The highest BCUT2D eigenvalue weighted by molar-refractivity contribution is 5.91. The van der Waals surface area contributed by atoms with E-state index in [1.165, 1.54) is 11.1 Å². The Labute approximate surface area is 261 Å². The summed E-state index contributed by atoms with van der Waals surface area (Å²) in [6.45, 7) is 9.74. The van der Waals surface area contributed by atoms with Crippen molar-refractivity contribution < 1.29 is 23.8 Å². The van der Waals surface area contributed by atoms with E-state index in [4.69, 9.17) is 14.2 Å². The molecule has 0 unspecified atom stereocenters. The Morgan fingerprint density at radius 3 is 2.25 bits per heavy atom. The second-order valence-corrected chi connectivity index (χ2v) is 13.1. The molecule has 2 fully saturated rings. The predicted molar refractivity (Wildman–Crippen MR) is 174 cm³/mol. The number of nitrogens with one attached hydrogen (secondary N) is 1. The molecule has 1 aliphatic heterocycles. The molecule has 234 valence electrons. The second-order valence-electron chi connectivity index (χ2n) is 13.1. The number of hydrogen-bond donors (Lipinski definition) is 1. The number of rotatable bonds is 12. The molecule has 1 saturated carbocycles. The van der Waals surface area contributed by atoms with E-state index in [0.717, 1.165) is 62.1 Å². The van der Waals surface area contributed by atoms with Crippen LogP contribution >= 0.6 is 0 Å². The van der Waals surface area contributed by atoms with Crippen LogP contribution in [-0.4, -0.2) is 61.5 Å². The molecule has 1 aliphatic carbocycles. The number of carbonyl (C=O) groups excluding carboxylic acids is 2. The molecule has 1 amide bonds. The number of amides is 1. The maximum Gasteiger partial charge on any atom is 0.411 e. The fourth-order valence-corrected chi connectivity index (χ4v) is 6.44. The lowest BCUT2D eigenvalue weighted by Gasteiger charge is -2.20. The molecule has 2 aliphatic rings. The van der Waals surface area contributed by atoms with E-state index in [1.54, 1.807) is 0 Å². The summed E-state index contributed by atoms with van der Waals surface area (Å²) in [4.78, 5) is 27.2. The van der Waals surface area contributed by atoms with Gasteiger partial charge in [-0.2, -0.15) is 0 Å². The molecule has 3 aromatic rings. The average Bonchev–Trinajstić information content (AvgIpc) is 3.54.